The highest BCUT2D eigenvalue weighted by molar-refractivity contribution is 7.09. The van der Waals surface area contributed by atoms with Crippen molar-refractivity contribution in [1.82, 2.24) is 14.8 Å². The monoisotopic (exact) mass is 510 g/mol. The number of thiazole rings is 1. The van der Waals surface area contributed by atoms with E-state index in [9.17, 15) is 4.79 Å². The lowest BCUT2D eigenvalue weighted by atomic mass is 10.1. The standard InChI is InChI=1S/C28H26N6O2S/c35-28(20-1-6-24(7-2-20)33-12-14-36-15-13-33)32-23-5-10-26-21(17-23)18-31-34(26)25-8-3-22(4-9-25)30-19-27-29-11-16-37-27/h1-11,16-18,30H,12-15,19H2,(H,32,35). The van der Waals surface area contributed by atoms with Gasteiger partial charge in [0.15, 0.2) is 0 Å². The third-order valence-corrected chi connectivity index (χ3v) is 7.15. The van der Waals surface area contributed by atoms with Gasteiger partial charge in [-0.1, -0.05) is 0 Å². The molecule has 8 nitrogen and oxygen atoms in total. The molecule has 186 valence electrons. The summed E-state index contributed by atoms with van der Waals surface area (Å²) in [4.78, 5) is 19.4. The van der Waals surface area contributed by atoms with Gasteiger partial charge in [-0.15, -0.1) is 11.3 Å². The number of carbonyl (C=O) groups excluding carboxylic acids is 1. The number of amides is 1. The smallest absolute Gasteiger partial charge is 0.255 e. The summed E-state index contributed by atoms with van der Waals surface area (Å²) in [7, 11) is 0. The topological polar surface area (TPSA) is 84.3 Å². The van der Waals surface area contributed by atoms with Crippen LogP contribution in [0.1, 0.15) is 15.4 Å². The summed E-state index contributed by atoms with van der Waals surface area (Å²) >= 11 is 1.63. The summed E-state index contributed by atoms with van der Waals surface area (Å²) < 4.78 is 7.31. The Morgan fingerprint density at radius 1 is 0.946 bits per heavy atom. The van der Waals surface area contributed by atoms with Gasteiger partial charge in [0, 0.05) is 52.7 Å². The van der Waals surface area contributed by atoms with E-state index in [0.29, 0.717) is 12.1 Å². The molecule has 5 aromatic rings. The van der Waals surface area contributed by atoms with E-state index in [4.69, 9.17) is 4.74 Å². The molecule has 3 heterocycles. The maximum Gasteiger partial charge on any atom is 0.255 e. The maximum atomic E-state index is 12.8. The predicted molar refractivity (Wildman–Crippen MR) is 148 cm³/mol. The minimum atomic E-state index is -0.138. The second-order valence-corrected chi connectivity index (χ2v) is 9.74. The van der Waals surface area contributed by atoms with E-state index in [1.54, 1.807) is 11.3 Å². The Kier molecular flexibility index (Phi) is 6.53. The number of benzene rings is 3. The van der Waals surface area contributed by atoms with Crippen molar-refractivity contribution in [2.45, 2.75) is 6.54 Å². The number of nitrogens with zero attached hydrogens (tertiary/aromatic N) is 4. The summed E-state index contributed by atoms with van der Waals surface area (Å²) in [5.41, 5.74) is 5.42. The highest BCUT2D eigenvalue weighted by Crippen LogP contribution is 2.24. The minimum absolute atomic E-state index is 0.138. The van der Waals surface area contributed by atoms with E-state index in [-0.39, 0.29) is 5.91 Å². The van der Waals surface area contributed by atoms with Crippen molar-refractivity contribution in [2.24, 2.45) is 0 Å². The number of morpholine rings is 1. The average Bonchev–Trinajstić information content (AvgIpc) is 3.63. The van der Waals surface area contributed by atoms with Gasteiger partial charge < -0.3 is 20.3 Å². The van der Waals surface area contributed by atoms with Gasteiger partial charge in [-0.25, -0.2) is 9.67 Å². The predicted octanol–water partition coefficient (Wildman–Crippen LogP) is 5.18. The fourth-order valence-corrected chi connectivity index (χ4v) is 4.96. The zero-order valence-electron chi connectivity index (χ0n) is 20.1. The fraction of sp³-hybridized carbons (Fsp3) is 0.179. The van der Waals surface area contributed by atoms with E-state index in [1.807, 2.05) is 89.2 Å². The van der Waals surface area contributed by atoms with Crippen LogP contribution < -0.4 is 15.5 Å². The number of anilines is 3. The van der Waals surface area contributed by atoms with Gasteiger partial charge in [0.25, 0.3) is 5.91 Å². The molecule has 0 spiro atoms. The Bertz CT molecular complexity index is 1490. The number of carbonyl (C=O) groups is 1. The van der Waals surface area contributed by atoms with E-state index in [2.05, 4.69) is 25.6 Å². The summed E-state index contributed by atoms with van der Waals surface area (Å²) in [6.45, 7) is 3.91. The summed E-state index contributed by atoms with van der Waals surface area (Å²) in [5.74, 6) is -0.138. The summed E-state index contributed by atoms with van der Waals surface area (Å²) in [5, 5.41) is 14.9. The molecule has 0 aliphatic carbocycles. The molecule has 2 N–H and O–H groups in total. The van der Waals surface area contributed by atoms with Crippen molar-refractivity contribution in [2.75, 3.05) is 41.8 Å². The number of nitrogens with one attached hydrogen (secondary N) is 2. The number of fused-ring (bicyclic) bond motifs is 1. The molecule has 0 radical (unpaired) electrons. The third kappa shape index (κ3) is 5.18. The van der Waals surface area contributed by atoms with E-state index < -0.39 is 0 Å². The molecule has 37 heavy (non-hydrogen) atoms. The first-order valence-electron chi connectivity index (χ1n) is 12.2. The van der Waals surface area contributed by atoms with Gasteiger partial charge in [-0.3, -0.25) is 4.79 Å². The second-order valence-electron chi connectivity index (χ2n) is 8.76. The van der Waals surface area contributed by atoms with Gasteiger partial charge in [-0.2, -0.15) is 5.10 Å². The van der Waals surface area contributed by atoms with Crippen LogP contribution >= 0.6 is 11.3 Å². The molecule has 1 aliphatic rings. The van der Waals surface area contributed by atoms with Crippen LogP contribution in [0, 0.1) is 0 Å². The van der Waals surface area contributed by atoms with Crippen molar-refractivity contribution in [3.8, 4) is 5.69 Å². The Morgan fingerprint density at radius 3 is 2.46 bits per heavy atom. The van der Waals surface area contributed by atoms with Crippen LogP contribution in [0.2, 0.25) is 0 Å². The van der Waals surface area contributed by atoms with Gasteiger partial charge in [0.1, 0.15) is 5.01 Å². The molecule has 1 amide bonds. The van der Waals surface area contributed by atoms with Crippen molar-refractivity contribution in [3.05, 3.63) is 95.1 Å². The molecule has 0 saturated carbocycles. The quantitative estimate of drug-likeness (QED) is 0.314. The van der Waals surface area contributed by atoms with Crippen molar-refractivity contribution < 1.29 is 9.53 Å². The number of rotatable bonds is 7. The number of hydrogen-bond donors (Lipinski definition) is 2. The summed E-state index contributed by atoms with van der Waals surface area (Å²) in [6, 6.07) is 21.7. The molecule has 0 atom stereocenters. The van der Waals surface area contributed by atoms with E-state index in [1.165, 1.54) is 0 Å². The van der Waals surface area contributed by atoms with Gasteiger partial charge >= 0.3 is 0 Å². The largest absolute Gasteiger partial charge is 0.379 e. The zero-order chi connectivity index (χ0) is 25.0. The normalized spacial score (nSPS) is 13.6. The van der Waals surface area contributed by atoms with Gasteiger partial charge in [0.2, 0.25) is 0 Å². The van der Waals surface area contributed by atoms with Crippen LogP contribution in [0.15, 0.2) is 84.5 Å². The first-order chi connectivity index (χ1) is 18.2. The molecule has 1 fully saturated rings. The molecular formula is C28H26N6O2S. The van der Waals surface area contributed by atoms with Crippen LogP contribution in [0.5, 0.6) is 0 Å². The number of hydrogen-bond acceptors (Lipinski definition) is 7. The van der Waals surface area contributed by atoms with Gasteiger partial charge in [0.05, 0.1) is 37.2 Å². The SMILES string of the molecule is O=C(Nc1ccc2c(cnn2-c2ccc(NCc3nccs3)cc2)c1)c1ccc(N2CCOCC2)cc1. The molecule has 9 heteroatoms. The van der Waals surface area contributed by atoms with Crippen LogP contribution in [0.4, 0.5) is 17.1 Å². The molecule has 1 aliphatic heterocycles. The fourth-order valence-electron chi connectivity index (χ4n) is 4.40. The number of aromatic nitrogens is 3. The molecule has 1 saturated heterocycles. The number of ether oxygens (including phenoxy) is 1. The maximum absolute atomic E-state index is 12.8. The third-order valence-electron chi connectivity index (χ3n) is 6.37. The first-order valence-corrected chi connectivity index (χ1v) is 13.1. The Hall–Kier alpha value is -4.21. The Labute approximate surface area is 218 Å². The Balaban J connectivity index is 1.12. The molecule has 3 aromatic carbocycles. The average molecular weight is 511 g/mol. The second kappa shape index (κ2) is 10.4. The van der Waals surface area contributed by atoms with E-state index in [0.717, 1.165) is 65.0 Å². The molecular weight excluding hydrogens is 484 g/mol. The summed E-state index contributed by atoms with van der Waals surface area (Å²) in [6.07, 6.45) is 3.63. The Morgan fingerprint density at radius 2 is 1.70 bits per heavy atom. The highest BCUT2D eigenvalue weighted by Gasteiger charge is 2.13. The molecule has 6 rings (SSSR count). The minimum Gasteiger partial charge on any atom is -0.379 e. The van der Waals surface area contributed by atoms with Crippen LogP contribution in [-0.2, 0) is 11.3 Å². The van der Waals surface area contributed by atoms with E-state index >= 15 is 0 Å². The van der Waals surface area contributed by atoms with Crippen LogP contribution in [-0.4, -0.2) is 47.0 Å². The van der Waals surface area contributed by atoms with Crippen molar-refractivity contribution in [1.29, 1.82) is 0 Å². The molecule has 0 unspecified atom stereocenters. The zero-order valence-corrected chi connectivity index (χ0v) is 20.9. The lowest BCUT2D eigenvalue weighted by Crippen LogP contribution is -2.36. The molecule has 2 aromatic heterocycles. The van der Waals surface area contributed by atoms with Crippen molar-refractivity contribution in [3.63, 3.8) is 0 Å². The highest BCUT2D eigenvalue weighted by atomic mass is 32.1. The van der Waals surface area contributed by atoms with Crippen molar-refractivity contribution >= 4 is 45.2 Å². The lowest BCUT2D eigenvalue weighted by Gasteiger charge is -2.28. The van der Waals surface area contributed by atoms with Crippen LogP contribution in [0.25, 0.3) is 16.6 Å². The first kappa shape index (κ1) is 23.2. The lowest BCUT2D eigenvalue weighted by molar-refractivity contribution is 0.102. The van der Waals surface area contributed by atoms with Crippen LogP contribution in [0.3, 0.4) is 0 Å². The molecule has 0 bridgehead atoms. The van der Waals surface area contributed by atoms with Gasteiger partial charge in [-0.05, 0) is 66.7 Å².